The predicted octanol–water partition coefficient (Wildman–Crippen LogP) is 0.951. The van der Waals surface area contributed by atoms with Gasteiger partial charge in [-0.05, 0) is 28.1 Å². The fourth-order valence-electron chi connectivity index (χ4n) is 1.70. The highest BCUT2D eigenvalue weighted by atomic mass is 79.9. The topological polar surface area (TPSA) is 89.9 Å². The van der Waals surface area contributed by atoms with Crippen LogP contribution in [-0.2, 0) is 9.59 Å². The third-order valence-corrected chi connectivity index (χ3v) is 3.28. The number of β-amino-alcohol motifs (C(OH)–C–C–N with tert-alkyl or cyclic N) is 1. The van der Waals surface area contributed by atoms with Gasteiger partial charge >= 0.3 is 0 Å². The molecule has 0 radical (unpaired) electrons. The second-order valence-corrected chi connectivity index (χ2v) is 4.81. The van der Waals surface area contributed by atoms with Crippen molar-refractivity contribution in [3.8, 4) is 5.75 Å². The zero-order valence-corrected chi connectivity index (χ0v) is 11.6. The number of amides is 2. The average molecular weight is 345 g/mol. The van der Waals surface area contributed by atoms with Crippen LogP contribution in [0.5, 0.6) is 5.75 Å². The molecule has 2 rings (SSSR count). The van der Waals surface area contributed by atoms with Crippen molar-refractivity contribution >= 4 is 33.4 Å². The van der Waals surface area contributed by atoms with Crippen LogP contribution in [0.25, 0.3) is 0 Å². The van der Waals surface area contributed by atoms with Gasteiger partial charge in [-0.15, -0.1) is 0 Å². The molecule has 0 saturated heterocycles. The van der Waals surface area contributed by atoms with Gasteiger partial charge in [0.25, 0.3) is 11.8 Å². The predicted molar refractivity (Wildman–Crippen MR) is 71.3 cm³/mol. The lowest BCUT2D eigenvalue weighted by atomic mass is 10.2. The number of carbonyl (C=O) groups excluding carboxylic acids is 2. The molecule has 1 aromatic rings. The Kier molecular flexibility index (Phi) is 4.05. The van der Waals surface area contributed by atoms with E-state index in [0.29, 0.717) is 0 Å². The number of halogens is 2. The highest BCUT2D eigenvalue weighted by molar-refractivity contribution is 9.10. The Hall–Kier alpha value is -1.93. The van der Waals surface area contributed by atoms with Gasteiger partial charge < -0.3 is 15.5 Å². The first-order valence-electron chi connectivity index (χ1n) is 5.58. The number of imide groups is 1. The largest absolute Gasteiger partial charge is 0.506 e. The molecule has 1 aliphatic heterocycles. The number of benzene rings is 1. The summed E-state index contributed by atoms with van der Waals surface area (Å²) in [4.78, 5) is 24.2. The summed E-state index contributed by atoms with van der Waals surface area (Å²) in [5.74, 6) is -2.48. The number of aromatic hydroxyl groups is 1. The van der Waals surface area contributed by atoms with Gasteiger partial charge in [-0.1, -0.05) is 0 Å². The van der Waals surface area contributed by atoms with Crippen molar-refractivity contribution in [3.05, 3.63) is 34.2 Å². The number of nitrogens with zero attached hydrogens (tertiary/aromatic N) is 1. The molecule has 6 nitrogen and oxygen atoms in total. The number of phenolic OH excluding ortho intramolecular Hbond substituents is 1. The Morgan fingerprint density at radius 2 is 2.05 bits per heavy atom. The zero-order chi connectivity index (χ0) is 14.9. The molecule has 0 bridgehead atoms. The molecular weight excluding hydrogens is 335 g/mol. The summed E-state index contributed by atoms with van der Waals surface area (Å²) in [6.07, 6.45) is 0.984. The molecule has 0 fully saturated rings. The van der Waals surface area contributed by atoms with Crippen LogP contribution in [0, 0.1) is 5.82 Å². The lowest BCUT2D eigenvalue weighted by Crippen LogP contribution is -2.34. The minimum Gasteiger partial charge on any atom is -0.506 e. The number of hydrogen-bond acceptors (Lipinski definition) is 5. The number of aliphatic hydroxyl groups is 1. The molecule has 0 aliphatic carbocycles. The molecule has 20 heavy (non-hydrogen) atoms. The van der Waals surface area contributed by atoms with Crippen LogP contribution in [-0.4, -0.2) is 40.1 Å². The van der Waals surface area contributed by atoms with E-state index in [0.717, 1.165) is 11.0 Å². The first-order valence-corrected chi connectivity index (χ1v) is 6.37. The smallest absolute Gasteiger partial charge is 0.277 e. The average Bonchev–Trinajstić information content (AvgIpc) is 2.67. The Morgan fingerprint density at radius 1 is 1.35 bits per heavy atom. The maximum absolute atomic E-state index is 13.8. The molecule has 0 unspecified atom stereocenters. The standard InChI is InChI=1S/C12H10BrFN2O4/c13-6-1-2-8(18)11(10(6)14)15-7-5-9(19)16(3-4-17)12(7)20/h1-2,5,15,17-18H,3-4H2. The van der Waals surface area contributed by atoms with Gasteiger partial charge in [0, 0.05) is 6.08 Å². The molecular formula is C12H10BrFN2O4. The number of aliphatic hydroxyl groups excluding tert-OH is 1. The number of anilines is 1. The van der Waals surface area contributed by atoms with E-state index in [1.807, 2.05) is 0 Å². The number of phenols is 1. The van der Waals surface area contributed by atoms with E-state index in [-0.39, 0.29) is 29.0 Å². The lowest BCUT2D eigenvalue weighted by Gasteiger charge is -2.14. The zero-order valence-electron chi connectivity index (χ0n) is 10.1. The lowest BCUT2D eigenvalue weighted by molar-refractivity contribution is -0.137. The van der Waals surface area contributed by atoms with Crippen molar-refractivity contribution < 1.29 is 24.2 Å². The monoisotopic (exact) mass is 344 g/mol. The van der Waals surface area contributed by atoms with Crippen LogP contribution in [0.4, 0.5) is 10.1 Å². The molecule has 3 N–H and O–H groups in total. The van der Waals surface area contributed by atoms with E-state index in [1.54, 1.807) is 0 Å². The second-order valence-electron chi connectivity index (χ2n) is 3.96. The van der Waals surface area contributed by atoms with Gasteiger partial charge in [0.1, 0.15) is 17.1 Å². The maximum Gasteiger partial charge on any atom is 0.277 e. The van der Waals surface area contributed by atoms with E-state index < -0.39 is 23.4 Å². The van der Waals surface area contributed by atoms with E-state index in [2.05, 4.69) is 21.2 Å². The SMILES string of the molecule is O=C1C=C(Nc2c(O)ccc(Br)c2F)C(=O)N1CCO. The van der Waals surface area contributed by atoms with Gasteiger partial charge in [0.2, 0.25) is 0 Å². The summed E-state index contributed by atoms with van der Waals surface area (Å²) in [6, 6.07) is 2.55. The second kappa shape index (κ2) is 5.59. The summed E-state index contributed by atoms with van der Waals surface area (Å²) >= 11 is 2.95. The summed E-state index contributed by atoms with van der Waals surface area (Å²) in [5, 5.41) is 20.8. The molecule has 0 atom stereocenters. The quantitative estimate of drug-likeness (QED) is 0.559. The van der Waals surface area contributed by atoms with E-state index in [1.165, 1.54) is 12.1 Å². The van der Waals surface area contributed by atoms with Gasteiger partial charge in [0.15, 0.2) is 5.82 Å². The van der Waals surface area contributed by atoms with Crippen molar-refractivity contribution in [2.45, 2.75) is 0 Å². The summed E-state index contributed by atoms with van der Waals surface area (Å²) in [5.41, 5.74) is -0.478. The molecule has 8 heteroatoms. The van der Waals surface area contributed by atoms with Crippen molar-refractivity contribution in [2.75, 3.05) is 18.5 Å². The Bertz CT molecular complexity index is 618. The number of carbonyl (C=O) groups is 2. The molecule has 0 saturated carbocycles. The Morgan fingerprint density at radius 3 is 2.70 bits per heavy atom. The minimum absolute atomic E-state index is 0.0994. The molecule has 2 amide bonds. The van der Waals surface area contributed by atoms with Crippen LogP contribution in [0.3, 0.4) is 0 Å². The fraction of sp³-hybridized carbons (Fsp3) is 0.167. The molecule has 1 aromatic carbocycles. The number of rotatable bonds is 4. The molecule has 1 heterocycles. The Balaban J connectivity index is 2.28. The first-order chi connectivity index (χ1) is 9.45. The molecule has 0 spiro atoms. The van der Waals surface area contributed by atoms with Crippen LogP contribution >= 0.6 is 15.9 Å². The van der Waals surface area contributed by atoms with Crippen LogP contribution < -0.4 is 5.32 Å². The fourth-order valence-corrected chi connectivity index (χ4v) is 2.03. The molecule has 1 aliphatic rings. The maximum atomic E-state index is 13.8. The molecule has 0 aromatic heterocycles. The summed E-state index contributed by atoms with van der Waals surface area (Å²) < 4.78 is 13.9. The van der Waals surface area contributed by atoms with E-state index in [4.69, 9.17) is 5.11 Å². The summed E-state index contributed by atoms with van der Waals surface area (Å²) in [6.45, 7) is -0.513. The Labute approximate surface area is 121 Å². The van der Waals surface area contributed by atoms with E-state index >= 15 is 0 Å². The van der Waals surface area contributed by atoms with Gasteiger partial charge in [-0.25, -0.2) is 4.39 Å². The van der Waals surface area contributed by atoms with Crippen LogP contribution in [0.2, 0.25) is 0 Å². The molecule has 106 valence electrons. The van der Waals surface area contributed by atoms with E-state index in [9.17, 15) is 19.1 Å². The van der Waals surface area contributed by atoms with Crippen LogP contribution in [0.1, 0.15) is 0 Å². The van der Waals surface area contributed by atoms with Gasteiger partial charge in [-0.3, -0.25) is 14.5 Å². The highest BCUT2D eigenvalue weighted by Crippen LogP contribution is 2.33. The first kappa shape index (κ1) is 14.5. The van der Waals surface area contributed by atoms with Gasteiger partial charge in [-0.2, -0.15) is 0 Å². The third-order valence-electron chi connectivity index (χ3n) is 2.67. The third kappa shape index (κ3) is 2.52. The normalized spacial score (nSPS) is 14.8. The van der Waals surface area contributed by atoms with Crippen molar-refractivity contribution in [1.29, 1.82) is 0 Å². The van der Waals surface area contributed by atoms with Gasteiger partial charge in [0.05, 0.1) is 17.6 Å². The summed E-state index contributed by atoms with van der Waals surface area (Å²) in [7, 11) is 0. The minimum atomic E-state index is -0.785. The number of nitrogens with one attached hydrogen (secondary N) is 1. The van der Waals surface area contributed by atoms with Crippen LogP contribution in [0.15, 0.2) is 28.4 Å². The van der Waals surface area contributed by atoms with Crippen molar-refractivity contribution in [1.82, 2.24) is 4.90 Å². The van der Waals surface area contributed by atoms with Crippen molar-refractivity contribution in [3.63, 3.8) is 0 Å². The number of hydrogen-bond donors (Lipinski definition) is 3. The highest BCUT2D eigenvalue weighted by Gasteiger charge is 2.31. The van der Waals surface area contributed by atoms with Crippen molar-refractivity contribution in [2.24, 2.45) is 0 Å².